The molecule has 0 saturated carbocycles. The van der Waals surface area contributed by atoms with E-state index >= 15 is 0 Å². The highest BCUT2D eigenvalue weighted by molar-refractivity contribution is 6.31. The van der Waals surface area contributed by atoms with Crippen LogP contribution in [0.15, 0.2) is 48.5 Å². The third-order valence-electron chi connectivity index (χ3n) is 5.50. The zero-order valence-corrected chi connectivity index (χ0v) is 16.4. The maximum Gasteiger partial charge on any atom is 0.292 e. The predicted molar refractivity (Wildman–Crippen MR) is 105 cm³/mol. The van der Waals surface area contributed by atoms with Crippen LogP contribution >= 0.6 is 11.6 Å². The Morgan fingerprint density at radius 3 is 2.48 bits per heavy atom. The number of carbonyl (C=O) groups is 3. The molecule has 0 unspecified atom stereocenters. The Kier molecular flexibility index (Phi) is 5.34. The molecule has 4 rings (SSSR count). The van der Waals surface area contributed by atoms with Gasteiger partial charge in [0.1, 0.15) is 5.82 Å². The highest BCUT2D eigenvalue weighted by atomic mass is 35.5. The van der Waals surface area contributed by atoms with E-state index in [0.717, 1.165) is 4.90 Å². The van der Waals surface area contributed by atoms with E-state index in [4.69, 9.17) is 11.6 Å². The van der Waals surface area contributed by atoms with Gasteiger partial charge in [-0.15, -0.1) is 0 Å². The van der Waals surface area contributed by atoms with Crippen LogP contribution in [0.4, 0.5) is 10.1 Å². The minimum absolute atomic E-state index is 0.0511. The summed E-state index contributed by atoms with van der Waals surface area (Å²) in [6.45, 7) is 1.84. The van der Waals surface area contributed by atoms with E-state index in [2.05, 4.69) is 0 Å². The van der Waals surface area contributed by atoms with Crippen LogP contribution in [0.5, 0.6) is 0 Å². The largest absolute Gasteiger partial charge is 0.327 e. The first-order valence-corrected chi connectivity index (χ1v) is 9.84. The molecule has 2 fully saturated rings. The minimum Gasteiger partial charge on any atom is -0.327 e. The van der Waals surface area contributed by atoms with Crippen LogP contribution in [0, 0.1) is 5.82 Å². The van der Waals surface area contributed by atoms with Crippen molar-refractivity contribution in [2.75, 3.05) is 31.1 Å². The van der Waals surface area contributed by atoms with Gasteiger partial charge in [0.25, 0.3) is 11.8 Å². The molecule has 0 radical (unpaired) electrons. The summed E-state index contributed by atoms with van der Waals surface area (Å²) in [6.07, 6.45) is 0.127. The molecule has 0 bridgehead atoms. The maximum absolute atomic E-state index is 13.9. The van der Waals surface area contributed by atoms with Gasteiger partial charge in [-0.1, -0.05) is 29.8 Å². The average Bonchev–Trinajstić information content (AvgIpc) is 3.02. The summed E-state index contributed by atoms with van der Waals surface area (Å²) in [7, 11) is 0. The SMILES string of the molecule is O=C(c1ccccc1F)N1CC[NH+]([C@H]2CC(=O)N(c3cccc(Cl)c3)C2=O)CC1. The zero-order chi connectivity index (χ0) is 20.5. The van der Waals surface area contributed by atoms with Crippen LogP contribution in [-0.2, 0) is 9.59 Å². The number of nitrogens with one attached hydrogen (secondary N) is 1. The Balaban J connectivity index is 1.43. The van der Waals surface area contributed by atoms with E-state index in [-0.39, 0.29) is 29.7 Å². The fraction of sp³-hybridized carbons (Fsp3) is 0.286. The first-order valence-electron chi connectivity index (χ1n) is 9.46. The summed E-state index contributed by atoms with van der Waals surface area (Å²) < 4.78 is 13.9. The lowest BCUT2D eigenvalue weighted by atomic mass is 10.1. The Morgan fingerprint density at radius 1 is 1.07 bits per heavy atom. The fourth-order valence-electron chi connectivity index (χ4n) is 3.99. The molecule has 6 nitrogen and oxygen atoms in total. The Labute approximate surface area is 172 Å². The van der Waals surface area contributed by atoms with Crippen molar-refractivity contribution < 1.29 is 23.7 Å². The number of imide groups is 1. The lowest BCUT2D eigenvalue weighted by molar-refractivity contribution is -0.918. The van der Waals surface area contributed by atoms with Gasteiger partial charge < -0.3 is 9.80 Å². The Morgan fingerprint density at radius 2 is 1.79 bits per heavy atom. The number of anilines is 1. The molecule has 2 aliphatic heterocycles. The second kappa shape index (κ2) is 7.93. The first-order chi connectivity index (χ1) is 14.0. The van der Waals surface area contributed by atoms with E-state index in [9.17, 15) is 18.8 Å². The van der Waals surface area contributed by atoms with Crippen molar-refractivity contribution in [2.45, 2.75) is 12.5 Å². The summed E-state index contributed by atoms with van der Waals surface area (Å²) in [5, 5.41) is 0.458. The number of rotatable bonds is 3. The van der Waals surface area contributed by atoms with E-state index < -0.39 is 11.9 Å². The minimum atomic E-state index is -0.541. The van der Waals surface area contributed by atoms with Crippen molar-refractivity contribution in [3.63, 3.8) is 0 Å². The molecule has 0 aromatic heterocycles. The molecular weight excluding hydrogens is 397 g/mol. The quantitative estimate of drug-likeness (QED) is 0.764. The molecule has 0 spiro atoms. The Bertz CT molecular complexity index is 975. The van der Waals surface area contributed by atoms with Crippen molar-refractivity contribution in [3.05, 3.63) is 64.9 Å². The third-order valence-corrected chi connectivity index (χ3v) is 5.74. The molecule has 2 aromatic rings. The highest BCUT2D eigenvalue weighted by Crippen LogP contribution is 2.24. The zero-order valence-electron chi connectivity index (χ0n) is 15.6. The van der Waals surface area contributed by atoms with Gasteiger partial charge in [-0.3, -0.25) is 14.4 Å². The monoisotopic (exact) mass is 416 g/mol. The summed E-state index contributed by atoms with van der Waals surface area (Å²) in [4.78, 5) is 41.7. The lowest BCUT2D eigenvalue weighted by Gasteiger charge is -2.34. The molecule has 0 aliphatic carbocycles. The number of piperazine rings is 1. The topological polar surface area (TPSA) is 62.1 Å². The third kappa shape index (κ3) is 3.75. The van der Waals surface area contributed by atoms with Crippen LogP contribution in [0.25, 0.3) is 0 Å². The molecule has 2 heterocycles. The average molecular weight is 417 g/mol. The normalized spacial score (nSPS) is 20.4. The molecule has 1 atom stereocenters. The standard InChI is InChI=1S/C21H19ClFN3O3/c22-14-4-3-5-15(12-14)26-19(27)13-18(21(26)29)24-8-10-25(11-9-24)20(28)16-6-1-2-7-17(16)23/h1-7,12,18H,8-11,13H2/p+1/t18-/m0/s1. The summed E-state index contributed by atoms with van der Waals surface area (Å²) in [6, 6.07) is 12.1. The van der Waals surface area contributed by atoms with Crippen LogP contribution < -0.4 is 9.80 Å². The van der Waals surface area contributed by atoms with Crippen molar-refractivity contribution in [2.24, 2.45) is 0 Å². The number of carbonyl (C=O) groups excluding carboxylic acids is 3. The van der Waals surface area contributed by atoms with Gasteiger partial charge in [0.05, 0.1) is 43.9 Å². The molecule has 2 aliphatic rings. The van der Waals surface area contributed by atoms with E-state index in [0.29, 0.717) is 36.9 Å². The number of quaternary nitrogens is 1. The Hall–Kier alpha value is -2.77. The van der Waals surface area contributed by atoms with Crippen molar-refractivity contribution in [1.82, 2.24) is 4.90 Å². The van der Waals surface area contributed by atoms with Gasteiger partial charge >= 0.3 is 0 Å². The summed E-state index contributed by atoms with van der Waals surface area (Å²) in [5.74, 6) is -1.39. The van der Waals surface area contributed by atoms with Gasteiger partial charge in [0, 0.05) is 5.02 Å². The van der Waals surface area contributed by atoms with Crippen molar-refractivity contribution >= 4 is 35.0 Å². The molecule has 29 heavy (non-hydrogen) atoms. The second-order valence-corrected chi connectivity index (χ2v) is 7.67. The van der Waals surface area contributed by atoms with Gasteiger partial charge in [0.15, 0.2) is 6.04 Å². The molecular formula is C21H20ClFN3O3+. The number of halogens is 2. The summed E-state index contributed by atoms with van der Waals surface area (Å²) in [5.41, 5.74) is 0.526. The number of nitrogens with zero attached hydrogens (tertiary/aromatic N) is 2. The van der Waals surface area contributed by atoms with Crippen LogP contribution in [0.2, 0.25) is 5.02 Å². The van der Waals surface area contributed by atoms with Crippen LogP contribution in [0.3, 0.4) is 0 Å². The van der Waals surface area contributed by atoms with E-state index in [1.54, 1.807) is 41.3 Å². The smallest absolute Gasteiger partial charge is 0.292 e. The molecule has 8 heteroatoms. The van der Waals surface area contributed by atoms with Gasteiger partial charge in [0.2, 0.25) is 5.91 Å². The lowest BCUT2D eigenvalue weighted by Crippen LogP contribution is -3.19. The summed E-state index contributed by atoms with van der Waals surface area (Å²) >= 11 is 5.99. The number of hydrogen-bond donors (Lipinski definition) is 1. The molecule has 2 aromatic carbocycles. The molecule has 150 valence electrons. The number of hydrogen-bond acceptors (Lipinski definition) is 3. The van der Waals surface area contributed by atoms with E-state index in [1.807, 2.05) is 0 Å². The van der Waals surface area contributed by atoms with Gasteiger partial charge in [-0.2, -0.15) is 0 Å². The second-order valence-electron chi connectivity index (χ2n) is 7.23. The van der Waals surface area contributed by atoms with Crippen LogP contribution in [0.1, 0.15) is 16.8 Å². The van der Waals surface area contributed by atoms with E-state index in [1.165, 1.54) is 17.0 Å². The molecule has 1 N–H and O–H groups in total. The fourth-order valence-corrected chi connectivity index (χ4v) is 4.17. The van der Waals surface area contributed by atoms with Gasteiger partial charge in [-0.25, -0.2) is 9.29 Å². The van der Waals surface area contributed by atoms with Gasteiger partial charge in [-0.05, 0) is 30.3 Å². The first kappa shape index (κ1) is 19.5. The predicted octanol–water partition coefficient (Wildman–Crippen LogP) is 1.15. The highest BCUT2D eigenvalue weighted by Gasteiger charge is 2.46. The van der Waals surface area contributed by atoms with Crippen molar-refractivity contribution in [1.29, 1.82) is 0 Å². The van der Waals surface area contributed by atoms with Crippen molar-refractivity contribution in [3.8, 4) is 0 Å². The maximum atomic E-state index is 13.9. The molecule has 3 amide bonds. The molecule has 2 saturated heterocycles. The number of amides is 3. The van der Waals surface area contributed by atoms with Crippen LogP contribution in [-0.4, -0.2) is 54.8 Å². The number of benzene rings is 2.